The topological polar surface area (TPSA) is 65.2 Å². The summed E-state index contributed by atoms with van der Waals surface area (Å²) in [4.78, 5) is 27.9. The van der Waals surface area contributed by atoms with Crippen LogP contribution < -0.4 is 10.9 Å². The lowest BCUT2D eigenvalue weighted by molar-refractivity contribution is 0.0900. The first-order chi connectivity index (χ1) is 9.06. The number of nitrogens with one attached hydrogen (secondary N) is 2. The second kappa shape index (κ2) is 6.02. The third-order valence-electron chi connectivity index (χ3n) is 3.64. The number of pyridine rings is 1. The molecule has 104 valence electrons. The van der Waals surface area contributed by atoms with Gasteiger partial charge in [-0.25, -0.2) is 0 Å². The fourth-order valence-electron chi connectivity index (χ4n) is 2.38. The molecule has 0 saturated carbocycles. The fourth-order valence-corrected chi connectivity index (χ4v) is 2.38. The third kappa shape index (κ3) is 3.67. The first-order valence-electron chi connectivity index (χ1n) is 6.80. The molecule has 0 unspecified atom stereocenters. The van der Waals surface area contributed by atoms with E-state index in [1.165, 1.54) is 12.3 Å². The van der Waals surface area contributed by atoms with Crippen LogP contribution in [0.5, 0.6) is 0 Å². The molecule has 1 aromatic heterocycles. The highest BCUT2D eigenvalue weighted by molar-refractivity contribution is 5.93. The molecule has 5 nitrogen and oxygen atoms in total. The van der Waals surface area contributed by atoms with Gasteiger partial charge in [-0.15, -0.1) is 0 Å². The van der Waals surface area contributed by atoms with Gasteiger partial charge in [0.25, 0.3) is 5.91 Å². The van der Waals surface area contributed by atoms with Crippen molar-refractivity contribution >= 4 is 5.91 Å². The molecular formula is C14H21N3O2. The van der Waals surface area contributed by atoms with Crippen molar-refractivity contribution in [2.75, 3.05) is 13.1 Å². The summed E-state index contributed by atoms with van der Waals surface area (Å²) in [6.07, 6.45) is 3.42. The quantitative estimate of drug-likeness (QED) is 0.854. The van der Waals surface area contributed by atoms with Crippen molar-refractivity contribution in [1.82, 2.24) is 15.2 Å². The molecule has 1 fully saturated rings. The van der Waals surface area contributed by atoms with Gasteiger partial charge in [0, 0.05) is 37.4 Å². The highest BCUT2D eigenvalue weighted by Crippen LogP contribution is 2.13. The molecule has 0 radical (unpaired) electrons. The van der Waals surface area contributed by atoms with Crippen LogP contribution in [0.3, 0.4) is 0 Å². The SMILES string of the molecule is CC(C)N1CCC(NC(=O)c2ccc(=O)[nH]c2)CC1. The van der Waals surface area contributed by atoms with E-state index in [4.69, 9.17) is 0 Å². The molecule has 1 aromatic rings. The molecule has 0 aliphatic carbocycles. The Kier molecular flexibility index (Phi) is 4.37. The predicted octanol–water partition coefficient (Wildman–Crippen LogP) is 0.977. The minimum absolute atomic E-state index is 0.112. The van der Waals surface area contributed by atoms with Gasteiger partial charge >= 0.3 is 0 Å². The number of carbonyl (C=O) groups is 1. The maximum absolute atomic E-state index is 12.0. The van der Waals surface area contributed by atoms with Crippen LogP contribution in [0.25, 0.3) is 0 Å². The largest absolute Gasteiger partial charge is 0.349 e. The van der Waals surface area contributed by atoms with Crippen LogP contribution in [0.2, 0.25) is 0 Å². The van der Waals surface area contributed by atoms with E-state index in [9.17, 15) is 9.59 Å². The van der Waals surface area contributed by atoms with Crippen LogP contribution >= 0.6 is 0 Å². The number of hydrogen-bond donors (Lipinski definition) is 2. The van der Waals surface area contributed by atoms with Gasteiger partial charge in [0.1, 0.15) is 0 Å². The normalized spacial score (nSPS) is 17.6. The summed E-state index contributed by atoms with van der Waals surface area (Å²) in [5.74, 6) is -0.112. The number of carbonyl (C=O) groups excluding carboxylic acids is 1. The number of amides is 1. The summed E-state index contributed by atoms with van der Waals surface area (Å²) in [5, 5.41) is 3.03. The summed E-state index contributed by atoms with van der Waals surface area (Å²) in [6, 6.07) is 3.72. The molecule has 2 rings (SSSR count). The van der Waals surface area contributed by atoms with Gasteiger partial charge in [-0.05, 0) is 32.8 Å². The number of aromatic nitrogens is 1. The number of rotatable bonds is 3. The van der Waals surface area contributed by atoms with Crippen LogP contribution in [0.15, 0.2) is 23.1 Å². The summed E-state index contributed by atoms with van der Waals surface area (Å²) < 4.78 is 0. The molecular weight excluding hydrogens is 242 g/mol. The fraction of sp³-hybridized carbons (Fsp3) is 0.571. The first-order valence-corrected chi connectivity index (χ1v) is 6.80. The number of hydrogen-bond acceptors (Lipinski definition) is 3. The van der Waals surface area contributed by atoms with Gasteiger partial charge < -0.3 is 15.2 Å². The van der Waals surface area contributed by atoms with Crippen molar-refractivity contribution in [3.8, 4) is 0 Å². The maximum atomic E-state index is 12.0. The number of H-pyrrole nitrogens is 1. The van der Waals surface area contributed by atoms with E-state index in [1.54, 1.807) is 6.07 Å². The summed E-state index contributed by atoms with van der Waals surface area (Å²) in [6.45, 7) is 6.43. The maximum Gasteiger partial charge on any atom is 0.252 e. The Morgan fingerprint density at radius 3 is 2.58 bits per heavy atom. The van der Waals surface area contributed by atoms with Crippen molar-refractivity contribution in [3.05, 3.63) is 34.2 Å². The van der Waals surface area contributed by atoms with Crippen LogP contribution in [0.4, 0.5) is 0 Å². The number of aromatic amines is 1. The first kappa shape index (κ1) is 13.8. The molecule has 1 aliphatic rings. The van der Waals surface area contributed by atoms with Gasteiger partial charge in [0.2, 0.25) is 5.56 Å². The standard InChI is InChI=1S/C14H21N3O2/c1-10(2)17-7-5-12(6-8-17)16-14(19)11-3-4-13(18)15-9-11/h3-4,9-10,12H,5-8H2,1-2H3,(H,15,18)(H,16,19). The van der Waals surface area contributed by atoms with Crippen molar-refractivity contribution in [2.24, 2.45) is 0 Å². The van der Waals surface area contributed by atoms with E-state index in [0.29, 0.717) is 11.6 Å². The van der Waals surface area contributed by atoms with Gasteiger partial charge in [-0.1, -0.05) is 0 Å². The highest BCUT2D eigenvalue weighted by atomic mass is 16.2. The van der Waals surface area contributed by atoms with Crippen molar-refractivity contribution in [3.63, 3.8) is 0 Å². The number of nitrogens with zero attached hydrogens (tertiary/aromatic N) is 1. The van der Waals surface area contributed by atoms with E-state index in [-0.39, 0.29) is 17.5 Å². The Morgan fingerprint density at radius 2 is 2.05 bits per heavy atom. The van der Waals surface area contributed by atoms with Crippen molar-refractivity contribution in [1.29, 1.82) is 0 Å². The van der Waals surface area contributed by atoms with Gasteiger partial charge in [0.15, 0.2) is 0 Å². The average molecular weight is 263 g/mol. The zero-order valence-electron chi connectivity index (χ0n) is 11.5. The average Bonchev–Trinajstić information content (AvgIpc) is 2.40. The molecule has 1 saturated heterocycles. The van der Waals surface area contributed by atoms with Crippen LogP contribution in [0.1, 0.15) is 37.0 Å². The van der Waals surface area contributed by atoms with E-state index in [1.807, 2.05) is 0 Å². The lowest BCUT2D eigenvalue weighted by atomic mass is 10.0. The smallest absolute Gasteiger partial charge is 0.252 e. The molecule has 5 heteroatoms. The zero-order valence-corrected chi connectivity index (χ0v) is 11.5. The number of likely N-dealkylation sites (tertiary alicyclic amines) is 1. The molecule has 2 heterocycles. The molecule has 0 atom stereocenters. The second-order valence-corrected chi connectivity index (χ2v) is 5.32. The van der Waals surface area contributed by atoms with Gasteiger partial charge in [-0.2, -0.15) is 0 Å². The highest BCUT2D eigenvalue weighted by Gasteiger charge is 2.22. The summed E-state index contributed by atoms with van der Waals surface area (Å²) >= 11 is 0. The number of piperidine rings is 1. The Balaban J connectivity index is 1.87. The molecule has 0 aromatic carbocycles. The Bertz CT molecular complexity index is 467. The predicted molar refractivity (Wildman–Crippen MR) is 74.3 cm³/mol. The Morgan fingerprint density at radius 1 is 1.37 bits per heavy atom. The van der Waals surface area contributed by atoms with Gasteiger partial charge in [0.05, 0.1) is 5.56 Å². The van der Waals surface area contributed by atoms with E-state index < -0.39 is 0 Å². The van der Waals surface area contributed by atoms with Gasteiger partial charge in [-0.3, -0.25) is 9.59 Å². The minimum Gasteiger partial charge on any atom is -0.349 e. The zero-order chi connectivity index (χ0) is 13.8. The molecule has 1 aliphatic heterocycles. The lowest BCUT2D eigenvalue weighted by Crippen LogP contribution is -2.46. The Hall–Kier alpha value is -1.62. The molecule has 2 N–H and O–H groups in total. The lowest BCUT2D eigenvalue weighted by Gasteiger charge is -2.34. The summed E-state index contributed by atoms with van der Waals surface area (Å²) in [5.41, 5.74) is 0.313. The monoisotopic (exact) mass is 263 g/mol. The second-order valence-electron chi connectivity index (χ2n) is 5.32. The van der Waals surface area contributed by atoms with E-state index in [0.717, 1.165) is 25.9 Å². The molecule has 19 heavy (non-hydrogen) atoms. The molecule has 1 amide bonds. The van der Waals surface area contributed by atoms with E-state index in [2.05, 4.69) is 29.0 Å². The van der Waals surface area contributed by atoms with Crippen molar-refractivity contribution < 1.29 is 4.79 Å². The molecule has 0 bridgehead atoms. The third-order valence-corrected chi connectivity index (χ3v) is 3.64. The molecule has 0 spiro atoms. The van der Waals surface area contributed by atoms with Crippen LogP contribution in [-0.4, -0.2) is 41.0 Å². The van der Waals surface area contributed by atoms with Crippen LogP contribution in [0, 0.1) is 0 Å². The Labute approximate surface area is 113 Å². The minimum atomic E-state index is -0.193. The van der Waals surface area contributed by atoms with Crippen LogP contribution in [-0.2, 0) is 0 Å². The summed E-state index contributed by atoms with van der Waals surface area (Å²) in [7, 11) is 0. The van der Waals surface area contributed by atoms with Crippen molar-refractivity contribution in [2.45, 2.75) is 38.8 Å². The van der Waals surface area contributed by atoms with E-state index >= 15 is 0 Å².